The number of aromatic hydroxyl groups is 2. The lowest BCUT2D eigenvalue weighted by Crippen LogP contribution is -2.08. The Morgan fingerprint density at radius 2 is 1.72 bits per heavy atom. The summed E-state index contributed by atoms with van der Waals surface area (Å²) in [6.45, 7) is 4.27. The Bertz CT molecular complexity index is 717. The molecular formula is C21H26O4. The third kappa shape index (κ3) is 5.24. The van der Waals surface area contributed by atoms with E-state index >= 15 is 0 Å². The number of carbonyl (C=O) groups excluding carboxylic acids is 1. The molecule has 0 radical (unpaired) electrons. The lowest BCUT2D eigenvalue weighted by atomic mass is 9.96. The first-order chi connectivity index (χ1) is 11.9. The number of ketones is 1. The van der Waals surface area contributed by atoms with Crippen molar-refractivity contribution in [2.24, 2.45) is 5.92 Å². The third-order valence-electron chi connectivity index (χ3n) is 4.24. The van der Waals surface area contributed by atoms with E-state index in [0.29, 0.717) is 23.7 Å². The first-order valence-electron chi connectivity index (χ1n) is 8.58. The van der Waals surface area contributed by atoms with Crippen LogP contribution in [0, 0.1) is 5.92 Å². The van der Waals surface area contributed by atoms with Crippen LogP contribution < -0.4 is 4.74 Å². The summed E-state index contributed by atoms with van der Waals surface area (Å²) in [6.07, 6.45) is 2.10. The molecule has 0 heterocycles. The molecule has 2 rings (SSSR count). The lowest BCUT2D eigenvalue weighted by Gasteiger charge is -2.15. The highest BCUT2D eigenvalue weighted by molar-refractivity contribution is 5.84. The highest BCUT2D eigenvalue weighted by Crippen LogP contribution is 2.33. The van der Waals surface area contributed by atoms with Gasteiger partial charge in [-0.15, -0.1) is 0 Å². The van der Waals surface area contributed by atoms with Gasteiger partial charge in [0.15, 0.2) is 0 Å². The van der Waals surface area contributed by atoms with Crippen molar-refractivity contribution in [1.29, 1.82) is 0 Å². The number of Topliss-reactive ketones (excluding diaryl/α,β-unsaturated/α-hetero) is 1. The number of phenols is 2. The molecule has 0 bridgehead atoms. The molecule has 25 heavy (non-hydrogen) atoms. The smallest absolute Gasteiger partial charge is 0.141 e. The quantitative estimate of drug-likeness (QED) is 0.759. The summed E-state index contributed by atoms with van der Waals surface area (Å²) in [5, 5.41) is 19.9. The van der Waals surface area contributed by atoms with Crippen molar-refractivity contribution < 1.29 is 19.7 Å². The molecule has 0 atom stereocenters. The summed E-state index contributed by atoms with van der Waals surface area (Å²) in [5.74, 6) is 1.54. The number of ether oxygens (including phenoxy) is 1. The summed E-state index contributed by atoms with van der Waals surface area (Å²) in [6, 6.07) is 10.2. The molecule has 0 aliphatic heterocycles. The maximum atomic E-state index is 12.3. The van der Waals surface area contributed by atoms with Crippen molar-refractivity contribution in [3.05, 3.63) is 53.1 Å². The average molecular weight is 342 g/mol. The molecule has 4 heteroatoms. The van der Waals surface area contributed by atoms with E-state index in [1.54, 1.807) is 37.4 Å². The van der Waals surface area contributed by atoms with Crippen LogP contribution in [0.3, 0.4) is 0 Å². The van der Waals surface area contributed by atoms with Gasteiger partial charge in [-0.1, -0.05) is 32.0 Å². The van der Waals surface area contributed by atoms with Crippen LogP contribution in [0.5, 0.6) is 17.2 Å². The molecule has 2 aromatic rings. The molecule has 0 spiro atoms. The number of phenolic OH excluding ortho intramolecular Hbond substituents is 2. The van der Waals surface area contributed by atoms with Gasteiger partial charge < -0.3 is 14.9 Å². The average Bonchev–Trinajstić information content (AvgIpc) is 2.57. The van der Waals surface area contributed by atoms with Gasteiger partial charge in [-0.25, -0.2) is 0 Å². The molecule has 0 fully saturated rings. The van der Waals surface area contributed by atoms with Gasteiger partial charge in [-0.2, -0.15) is 0 Å². The Hall–Kier alpha value is -2.49. The monoisotopic (exact) mass is 342 g/mol. The van der Waals surface area contributed by atoms with Crippen LogP contribution in [-0.4, -0.2) is 23.1 Å². The molecule has 0 saturated heterocycles. The summed E-state index contributed by atoms with van der Waals surface area (Å²) < 4.78 is 5.36. The first-order valence-corrected chi connectivity index (χ1v) is 8.58. The summed E-state index contributed by atoms with van der Waals surface area (Å²) in [4.78, 5) is 12.3. The fraction of sp³-hybridized carbons (Fsp3) is 0.381. The van der Waals surface area contributed by atoms with E-state index in [4.69, 9.17) is 4.74 Å². The Morgan fingerprint density at radius 1 is 1.04 bits per heavy atom. The van der Waals surface area contributed by atoms with Gasteiger partial charge in [0.2, 0.25) is 0 Å². The van der Waals surface area contributed by atoms with E-state index in [2.05, 4.69) is 13.8 Å². The molecule has 0 unspecified atom stereocenters. The number of hydrogen-bond acceptors (Lipinski definition) is 4. The summed E-state index contributed by atoms with van der Waals surface area (Å²) >= 11 is 0. The van der Waals surface area contributed by atoms with Crippen LogP contribution in [0.4, 0.5) is 0 Å². The fourth-order valence-electron chi connectivity index (χ4n) is 2.79. The van der Waals surface area contributed by atoms with Gasteiger partial charge in [0.1, 0.15) is 23.0 Å². The van der Waals surface area contributed by atoms with Crippen molar-refractivity contribution in [3.63, 3.8) is 0 Å². The topological polar surface area (TPSA) is 66.8 Å². The Morgan fingerprint density at radius 3 is 2.32 bits per heavy atom. The maximum absolute atomic E-state index is 12.3. The normalized spacial score (nSPS) is 10.9. The van der Waals surface area contributed by atoms with Crippen molar-refractivity contribution in [3.8, 4) is 17.2 Å². The Kier molecular flexibility index (Phi) is 6.45. The van der Waals surface area contributed by atoms with Gasteiger partial charge in [-0.05, 0) is 42.5 Å². The van der Waals surface area contributed by atoms with Gasteiger partial charge in [0.05, 0.1) is 7.11 Å². The van der Waals surface area contributed by atoms with E-state index in [1.807, 2.05) is 6.07 Å². The molecule has 4 nitrogen and oxygen atoms in total. The molecule has 134 valence electrons. The number of benzene rings is 2. The van der Waals surface area contributed by atoms with Gasteiger partial charge >= 0.3 is 0 Å². The third-order valence-corrected chi connectivity index (χ3v) is 4.24. The maximum Gasteiger partial charge on any atom is 0.141 e. The Labute approximate surface area is 149 Å². The van der Waals surface area contributed by atoms with Gasteiger partial charge in [0.25, 0.3) is 0 Å². The second-order valence-corrected chi connectivity index (χ2v) is 6.75. The van der Waals surface area contributed by atoms with Crippen LogP contribution in [0.25, 0.3) is 0 Å². The first kappa shape index (κ1) is 18.8. The Balaban J connectivity index is 2.14. The molecule has 0 aliphatic carbocycles. The zero-order valence-corrected chi connectivity index (χ0v) is 15.1. The van der Waals surface area contributed by atoms with E-state index in [-0.39, 0.29) is 30.1 Å². The second kappa shape index (κ2) is 8.56. The fourth-order valence-corrected chi connectivity index (χ4v) is 2.79. The van der Waals surface area contributed by atoms with Crippen LogP contribution in [0.1, 0.15) is 37.0 Å². The number of hydrogen-bond donors (Lipinski definition) is 2. The van der Waals surface area contributed by atoms with E-state index in [0.717, 1.165) is 17.5 Å². The van der Waals surface area contributed by atoms with Crippen LogP contribution in [0.2, 0.25) is 0 Å². The van der Waals surface area contributed by atoms with Crippen molar-refractivity contribution in [2.45, 2.75) is 39.5 Å². The van der Waals surface area contributed by atoms with Crippen molar-refractivity contribution >= 4 is 5.78 Å². The zero-order chi connectivity index (χ0) is 18.4. The predicted octanol–water partition coefficient (Wildman–Crippen LogP) is 4.05. The minimum Gasteiger partial charge on any atom is -0.508 e. The van der Waals surface area contributed by atoms with Crippen LogP contribution in [-0.2, 0) is 24.1 Å². The molecule has 0 aromatic heterocycles. The highest BCUT2D eigenvalue weighted by Gasteiger charge is 2.16. The van der Waals surface area contributed by atoms with Crippen molar-refractivity contribution in [2.75, 3.05) is 7.11 Å². The minimum absolute atomic E-state index is 0.0148. The van der Waals surface area contributed by atoms with E-state index < -0.39 is 0 Å². The molecule has 0 saturated carbocycles. The zero-order valence-electron chi connectivity index (χ0n) is 15.1. The standard InChI is InChI=1S/C21H26O4/c1-14(2)4-10-19-20(25-3)11-7-16(21(19)24)13-18(23)12-15-5-8-17(22)9-6-15/h5-9,11,14,22,24H,4,10,12-13H2,1-3H3. The van der Waals surface area contributed by atoms with Crippen LogP contribution >= 0.6 is 0 Å². The molecule has 0 aliphatic rings. The second-order valence-electron chi connectivity index (χ2n) is 6.75. The highest BCUT2D eigenvalue weighted by atomic mass is 16.5. The lowest BCUT2D eigenvalue weighted by molar-refractivity contribution is -0.117. The largest absolute Gasteiger partial charge is 0.508 e. The minimum atomic E-state index is 0.0148. The van der Waals surface area contributed by atoms with Gasteiger partial charge in [-0.3, -0.25) is 4.79 Å². The van der Waals surface area contributed by atoms with Crippen LogP contribution in [0.15, 0.2) is 36.4 Å². The summed E-state index contributed by atoms with van der Waals surface area (Å²) in [7, 11) is 1.59. The van der Waals surface area contributed by atoms with E-state index in [1.165, 1.54) is 0 Å². The van der Waals surface area contributed by atoms with Crippen molar-refractivity contribution in [1.82, 2.24) is 0 Å². The number of methoxy groups -OCH3 is 1. The molecule has 0 amide bonds. The van der Waals surface area contributed by atoms with Gasteiger partial charge in [0, 0.05) is 24.0 Å². The summed E-state index contributed by atoms with van der Waals surface area (Å²) in [5.41, 5.74) is 2.24. The SMILES string of the molecule is COc1ccc(CC(=O)Cc2ccc(O)cc2)c(O)c1CCC(C)C. The van der Waals surface area contributed by atoms with E-state index in [9.17, 15) is 15.0 Å². The molecule has 2 N–H and O–H groups in total. The number of rotatable bonds is 8. The number of carbonyl (C=O) groups is 1. The molecule has 2 aromatic carbocycles. The predicted molar refractivity (Wildman–Crippen MR) is 98.3 cm³/mol. The molecular weight excluding hydrogens is 316 g/mol.